The number of allylic oxidation sites excluding steroid dienone is 1. The van der Waals surface area contributed by atoms with Crippen molar-refractivity contribution in [3.8, 4) is 0 Å². The molecule has 1 aliphatic carbocycles. The SMILES string of the molecule is N=C1CCCC/C1=C\c1ccccc1. The van der Waals surface area contributed by atoms with Gasteiger partial charge in [-0.1, -0.05) is 30.3 Å². The summed E-state index contributed by atoms with van der Waals surface area (Å²) in [7, 11) is 0. The van der Waals surface area contributed by atoms with Crippen molar-refractivity contribution in [2.45, 2.75) is 25.7 Å². The van der Waals surface area contributed by atoms with Crippen molar-refractivity contribution in [3.05, 3.63) is 41.5 Å². The van der Waals surface area contributed by atoms with Crippen LogP contribution in [0.25, 0.3) is 6.08 Å². The van der Waals surface area contributed by atoms with Gasteiger partial charge in [0.1, 0.15) is 0 Å². The molecule has 0 atom stereocenters. The Balaban J connectivity index is 2.21. The number of benzene rings is 1. The van der Waals surface area contributed by atoms with E-state index in [4.69, 9.17) is 5.41 Å². The van der Waals surface area contributed by atoms with Crippen LogP contribution in [-0.4, -0.2) is 5.71 Å². The van der Waals surface area contributed by atoms with Crippen LogP contribution in [0, 0.1) is 5.41 Å². The Hall–Kier alpha value is -1.37. The zero-order valence-electron chi connectivity index (χ0n) is 8.29. The molecular formula is C13H15N. The van der Waals surface area contributed by atoms with E-state index in [0.29, 0.717) is 0 Å². The van der Waals surface area contributed by atoms with Gasteiger partial charge in [-0.2, -0.15) is 0 Å². The first-order valence-corrected chi connectivity index (χ1v) is 5.20. The minimum absolute atomic E-state index is 0.833. The molecule has 0 bridgehead atoms. The van der Waals surface area contributed by atoms with Gasteiger partial charge in [-0.3, -0.25) is 0 Å². The van der Waals surface area contributed by atoms with E-state index >= 15 is 0 Å². The van der Waals surface area contributed by atoms with Crippen LogP contribution in [0.5, 0.6) is 0 Å². The summed E-state index contributed by atoms with van der Waals surface area (Å²) >= 11 is 0. The molecule has 1 heteroatoms. The van der Waals surface area contributed by atoms with E-state index in [2.05, 4.69) is 18.2 Å². The number of rotatable bonds is 1. The average Bonchev–Trinajstić information content (AvgIpc) is 2.23. The molecule has 0 aromatic heterocycles. The number of hydrogen-bond donors (Lipinski definition) is 1. The summed E-state index contributed by atoms with van der Waals surface area (Å²) in [6, 6.07) is 10.3. The fraction of sp³-hybridized carbons (Fsp3) is 0.308. The van der Waals surface area contributed by atoms with Gasteiger partial charge in [-0.15, -0.1) is 0 Å². The Morgan fingerprint density at radius 1 is 1.00 bits per heavy atom. The average molecular weight is 185 g/mol. The molecule has 0 aliphatic heterocycles. The Kier molecular flexibility index (Phi) is 2.78. The maximum atomic E-state index is 7.83. The predicted octanol–water partition coefficient (Wildman–Crippen LogP) is 3.66. The molecule has 0 radical (unpaired) electrons. The lowest BCUT2D eigenvalue weighted by molar-refractivity contribution is 0.733. The number of hydrogen-bond acceptors (Lipinski definition) is 1. The molecule has 72 valence electrons. The van der Waals surface area contributed by atoms with Crippen LogP contribution < -0.4 is 0 Å². The molecule has 0 unspecified atom stereocenters. The monoisotopic (exact) mass is 185 g/mol. The van der Waals surface area contributed by atoms with E-state index in [0.717, 1.165) is 18.6 Å². The smallest absolute Gasteiger partial charge is 0.0346 e. The van der Waals surface area contributed by atoms with Crippen molar-refractivity contribution in [2.24, 2.45) is 0 Å². The van der Waals surface area contributed by atoms with Crippen molar-refractivity contribution in [2.75, 3.05) is 0 Å². The van der Waals surface area contributed by atoms with Gasteiger partial charge in [-0.25, -0.2) is 0 Å². The molecule has 1 fully saturated rings. The summed E-state index contributed by atoms with van der Waals surface area (Å²) in [5, 5.41) is 7.83. The van der Waals surface area contributed by atoms with Crippen LogP contribution in [0.3, 0.4) is 0 Å². The lowest BCUT2D eigenvalue weighted by Gasteiger charge is -2.14. The van der Waals surface area contributed by atoms with Crippen molar-refractivity contribution in [1.82, 2.24) is 0 Å². The maximum absolute atomic E-state index is 7.83. The van der Waals surface area contributed by atoms with E-state index in [1.807, 2.05) is 18.2 Å². The Morgan fingerprint density at radius 3 is 2.43 bits per heavy atom. The third kappa shape index (κ3) is 2.11. The third-order valence-corrected chi connectivity index (χ3v) is 2.65. The standard InChI is InChI=1S/C13H15N/c14-13-9-5-4-8-12(13)10-11-6-2-1-3-7-11/h1-3,6-7,10,14H,4-5,8-9H2/b12-10+,14-13?. The molecule has 0 amide bonds. The van der Waals surface area contributed by atoms with Gasteiger partial charge in [-0.05, 0) is 42.9 Å². The molecule has 1 N–H and O–H groups in total. The minimum Gasteiger partial charge on any atom is -0.305 e. The zero-order valence-corrected chi connectivity index (χ0v) is 8.29. The van der Waals surface area contributed by atoms with Gasteiger partial charge in [0.05, 0.1) is 0 Å². The first-order valence-electron chi connectivity index (χ1n) is 5.20. The molecule has 0 spiro atoms. The van der Waals surface area contributed by atoms with Gasteiger partial charge < -0.3 is 5.41 Å². The van der Waals surface area contributed by atoms with Gasteiger partial charge in [0, 0.05) is 5.71 Å². The van der Waals surface area contributed by atoms with Crippen molar-refractivity contribution in [1.29, 1.82) is 5.41 Å². The van der Waals surface area contributed by atoms with Crippen LogP contribution in [0.2, 0.25) is 0 Å². The second-order valence-corrected chi connectivity index (χ2v) is 3.77. The molecule has 1 saturated carbocycles. The summed E-state index contributed by atoms with van der Waals surface area (Å²) in [6.45, 7) is 0. The van der Waals surface area contributed by atoms with Crippen LogP contribution in [0.1, 0.15) is 31.2 Å². The van der Waals surface area contributed by atoms with Crippen LogP contribution in [0.15, 0.2) is 35.9 Å². The highest BCUT2D eigenvalue weighted by molar-refractivity contribution is 6.02. The second-order valence-electron chi connectivity index (χ2n) is 3.77. The van der Waals surface area contributed by atoms with E-state index in [-0.39, 0.29) is 0 Å². The van der Waals surface area contributed by atoms with Crippen molar-refractivity contribution in [3.63, 3.8) is 0 Å². The lowest BCUT2D eigenvalue weighted by Crippen LogP contribution is -2.07. The highest BCUT2D eigenvalue weighted by Gasteiger charge is 2.10. The molecule has 1 aromatic rings. The highest BCUT2D eigenvalue weighted by atomic mass is 14.4. The quantitative estimate of drug-likeness (QED) is 0.690. The van der Waals surface area contributed by atoms with E-state index < -0.39 is 0 Å². The number of nitrogens with one attached hydrogen (secondary N) is 1. The van der Waals surface area contributed by atoms with Crippen LogP contribution in [-0.2, 0) is 0 Å². The van der Waals surface area contributed by atoms with E-state index in [9.17, 15) is 0 Å². The van der Waals surface area contributed by atoms with Crippen molar-refractivity contribution >= 4 is 11.8 Å². The lowest BCUT2D eigenvalue weighted by atomic mass is 9.91. The third-order valence-electron chi connectivity index (χ3n) is 2.65. The summed E-state index contributed by atoms with van der Waals surface area (Å²) in [6.07, 6.45) is 6.61. The van der Waals surface area contributed by atoms with Gasteiger partial charge in [0.25, 0.3) is 0 Å². The first-order chi connectivity index (χ1) is 6.86. The molecular weight excluding hydrogens is 170 g/mol. The summed E-state index contributed by atoms with van der Waals surface area (Å²) < 4.78 is 0. The summed E-state index contributed by atoms with van der Waals surface area (Å²) in [5.74, 6) is 0. The molecule has 0 saturated heterocycles. The first kappa shape index (κ1) is 9.20. The largest absolute Gasteiger partial charge is 0.305 e. The molecule has 1 aliphatic rings. The second kappa shape index (κ2) is 4.23. The molecule has 14 heavy (non-hydrogen) atoms. The molecule has 1 nitrogen and oxygen atoms in total. The fourth-order valence-corrected chi connectivity index (χ4v) is 1.84. The normalized spacial score (nSPS) is 20.0. The Morgan fingerprint density at radius 2 is 1.71 bits per heavy atom. The zero-order chi connectivity index (χ0) is 9.80. The maximum Gasteiger partial charge on any atom is 0.0346 e. The van der Waals surface area contributed by atoms with Gasteiger partial charge in [0.15, 0.2) is 0 Å². The van der Waals surface area contributed by atoms with E-state index in [1.165, 1.54) is 24.0 Å². The summed E-state index contributed by atoms with van der Waals surface area (Å²) in [4.78, 5) is 0. The fourth-order valence-electron chi connectivity index (χ4n) is 1.84. The van der Waals surface area contributed by atoms with Crippen LogP contribution in [0.4, 0.5) is 0 Å². The topological polar surface area (TPSA) is 23.9 Å². The Bertz CT molecular complexity index is 349. The van der Waals surface area contributed by atoms with Crippen LogP contribution >= 0.6 is 0 Å². The minimum atomic E-state index is 0.833. The highest BCUT2D eigenvalue weighted by Crippen LogP contribution is 2.22. The Labute approximate surface area is 85.0 Å². The molecule has 1 aromatic carbocycles. The summed E-state index contributed by atoms with van der Waals surface area (Å²) in [5.41, 5.74) is 3.27. The van der Waals surface area contributed by atoms with E-state index in [1.54, 1.807) is 0 Å². The predicted molar refractivity (Wildman–Crippen MR) is 60.6 cm³/mol. The molecule has 0 heterocycles. The van der Waals surface area contributed by atoms with Gasteiger partial charge in [0.2, 0.25) is 0 Å². The molecule has 2 rings (SSSR count). The van der Waals surface area contributed by atoms with Crippen molar-refractivity contribution < 1.29 is 0 Å². The van der Waals surface area contributed by atoms with Gasteiger partial charge >= 0.3 is 0 Å².